The van der Waals surface area contributed by atoms with Crippen LogP contribution in [0.4, 0.5) is 0 Å². The number of carbonyl (C=O) groups is 1. The largest absolute Gasteiger partial charge is 0.497 e. The summed E-state index contributed by atoms with van der Waals surface area (Å²) >= 11 is 0. The highest BCUT2D eigenvalue weighted by Gasteiger charge is 2.39. The Kier molecular flexibility index (Phi) is 4.40. The number of methoxy groups -OCH3 is 1. The average molecular weight is 341 g/mol. The van der Waals surface area contributed by atoms with Crippen LogP contribution >= 0.6 is 0 Å². The van der Waals surface area contributed by atoms with Gasteiger partial charge in [0, 0.05) is 18.6 Å². The van der Waals surface area contributed by atoms with Crippen LogP contribution in [-0.4, -0.2) is 58.1 Å². The Morgan fingerprint density at radius 3 is 2.84 bits per heavy atom. The summed E-state index contributed by atoms with van der Waals surface area (Å²) in [4.78, 5) is 15.0. The van der Waals surface area contributed by atoms with E-state index < -0.39 is 0 Å². The van der Waals surface area contributed by atoms with E-state index in [0.717, 1.165) is 43.7 Å². The first-order valence-corrected chi connectivity index (χ1v) is 8.81. The van der Waals surface area contributed by atoms with Crippen LogP contribution in [0.3, 0.4) is 0 Å². The highest BCUT2D eigenvalue weighted by atomic mass is 16.5. The number of hydrogen-bond donors (Lipinski definition) is 1. The van der Waals surface area contributed by atoms with Crippen molar-refractivity contribution in [1.82, 2.24) is 25.2 Å². The molecular formula is C18H23N5O2. The van der Waals surface area contributed by atoms with Crippen molar-refractivity contribution in [3.05, 3.63) is 41.7 Å². The van der Waals surface area contributed by atoms with E-state index in [4.69, 9.17) is 4.74 Å². The van der Waals surface area contributed by atoms with Crippen molar-refractivity contribution in [3.8, 4) is 5.75 Å². The molecule has 2 aromatic rings. The van der Waals surface area contributed by atoms with Crippen LogP contribution in [0.25, 0.3) is 0 Å². The third kappa shape index (κ3) is 3.24. The Morgan fingerprint density at radius 1 is 1.24 bits per heavy atom. The van der Waals surface area contributed by atoms with Gasteiger partial charge in [0.15, 0.2) is 5.69 Å². The second-order valence-electron chi connectivity index (χ2n) is 6.74. The maximum absolute atomic E-state index is 12.9. The van der Waals surface area contributed by atoms with Gasteiger partial charge in [0.2, 0.25) is 0 Å². The van der Waals surface area contributed by atoms with E-state index in [1.807, 2.05) is 29.2 Å². The first-order chi connectivity index (χ1) is 12.2. The number of fused-ring (bicyclic) bond motifs is 2. The van der Waals surface area contributed by atoms with E-state index in [9.17, 15) is 4.79 Å². The Hall–Kier alpha value is -2.41. The molecule has 0 unspecified atom stereocenters. The van der Waals surface area contributed by atoms with Gasteiger partial charge < -0.3 is 15.0 Å². The van der Waals surface area contributed by atoms with Gasteiger partial charge >= 0.3 is 0 Å². The van der Waals surface area contributed by atoms with Crippen LogP contribution in [0.5, 0.6) is 5.75 Å². The number of rotatable bonds is 4. The molecule has 1 aromatic heterocycles. The van der Waals surface area contributed by atoms with E-state index in [2.05, 4.69) is 15.6 Å². The third-order valence-corrected chi connectivity index (χ3v) is 5.15. The highest BCUT2D eigenvalue weighted by molar-refractivity contribution is 5.92. The van der Waals surface area contributed by atoms with Crippen molar-refractivity contribution < 1.29 is 9.53 Å². The van der Waals surface area contributed by atoms with Crippen molar-refractivity contribution in [2.45, 2.75) is 37.9 Å². The van der Waals surface area contributed by atoms with Gasteiger partial charge in [0.05, 0.1) is 19.9 Å². The van der Waals surface area contributed by atoms with E-state index >= 15 is 0 Å². The molecule has 7 heteroatoms. The minimum Gasteiger partial charge on any atom is -0.497 e. The van der Waals surface area contributed by atoms with Gasteiger partial charge in [0.1, 0.15) is 5.75 Å². The third-order valence-electron chi connectivity index (χ3n) is 5.15. The maximum atomic E-state index is 12.9. The average Bonchev–Trinajstić information content (AvgIpc) is 3.18. The standard InChI is InChI=1S/C18H23N5O2/c1-25-16-6-2-13(3-7-16)11-22-12-17(20-21-22)18(24)23-14-4-5-15(23)10-19-9-8-14/h2-3,6-7,12,14-15,19H,4-5,8-11H2,1H3/t14-,15+/m1/s1. The zero-order valence-electron chi connectivity index (χ0n) is 14.4. The highest BCUT2D eigenvalue weighted by Crippen LogP contribution is 2.29. The molecule has 0 spiro atoms. The fraction of sp³-hybridized carbons (Fsp3) is 0.500. The number of nitrogens with zero attached hydrogens (tertiary/aromatic N) is 4. The lowest BCUT2D eigenvalue weighted by Crippen LogP contribution is -2.42. The zero-order valence-corrected chi connectivity index (χ0v) is 14.4. The molecular weight excluding hydrogens is 318 g/mol. The lowest BCUT2D eigenvalue weighted by molar-refractivity contribution is 0.0674. The molecule has 1 amide bonds. The molecule has 2 atom stereocenters. The molecule has 2 bridgehead atoms. The summed E-state index contributed by atoms with van der Waals surface area (Å²) in [6.45, 7) is 2.44. The summed E-state index contributed by atoms with van der Waals surface area (Å²) in [6, 6.07) is 8.43. The molecule has 2 saturated heterocycles. The van der Waals surface area contributed by atoms with Crippen LogP contribution in [0.15, 0.2) is 30.5 Å². The predicted octanol–water partition coefficient (Wildman–Crippen LogP) is 1.30. The van der Waals surface area contributed by atoms with E-state index in [1.54, 1.807) is 18.0 Å². The van der Waals surface area contributed by atoms with Crippen LogP contribution in [0, 0.1) is 0 Å². The lowest BCUT2D eigenvalue weighted by atomic mass is 10.1. The Labute approximate surface area is 147 Å². The number of amides is 1. The molecule has 1 aromatic carbocycles. The second kappa shape index (κ2) is 6.84. The maximum Gasteiger partial charge on any atom is 0.276 e. The Bertz CT molecular complexity index is 728. The predicted molar refractivity (Wildman–Crippen MR) is 92.6 cm³/mol. The zero-order chi connectivity index (χ0) is 17.2. The Morgan fingerprint density at radius 2 is 2.04 bits per heavy atom. The SMILES string of the molecule is COc1ccc(Cn2cc(C(=O)N3[C@H]4CCNC[C@@H]3CC4)nn2)cc1. The first kappa shape index (κ1) is 16.1. The van der Waals surface area contributed by atoms with Crippen LogP contribution in [0.1, 0.15) is 35.3 Å². The monoisotopic (exact) mass is 341 g/mol. The minimum absolute atomic E-state index is 0.0113. The van der Waals surface area contributed by atoms with Crippen LogP contribution < -0.4 is 10.1 Å². The van der Waals surface area contributed by atoms with Gasteiger partial charge in [-0.1, -0.05) is 17.3 Å². The molecule has 132 valence electrons. The van der Waals surface area contributed by atoms with Crippen LogP contribution in [-0.2, 0) is 6.54 Å². The topological polar surface area (TPSA) is 72.3 Å². The minimum atomic E-state index is 0.0113. The quantitative estimate of drug-likeness (QED) is 0.908. The van der Waals surface area contributed by atoms with Gasteiger partial charge in [-0.05, 0) is 43.5 Å². The summed E-state index contributed by atoms with van der Waals surface area (Å²) in [7, 11) is 1.65. The normalized spacial score (nSPS) is 22.7. The number of aromatic nitrogens is 3. The number of nitrogens with one attached hydrogen (secondary N) is 1. The lowest BCUT2D eigenvalue weighted by Gasteiger charge is -2.26. The van der Waals surface area contributed by atoms with E-state index in [1.165, 1.54) is 0 Å². The van der Waals surface area contributed by atoms with Crippen molar-refractivity contribution >= 4 is 5.91 Å². The van der Waals surface area contributed by atoms with Gasteiger partial charge in [-0.3, -0.25) is 4.79 Å². The molecule has 0 aliphatic carbocycles. The van der Waals surface area contributed by atoms with Gasteiger partial charge in [-0.25, -0.2) is 4.68 Å². The van der Waals surface area contributed by atoms with Crippen molar-refractivity contribution in [3.63, 3.8) is 0 Å². The second-order valence-corrected chi connectivity index (χ2v) is 6.74. The molecule has 1 N–H and O–H groups in total. The number of carbonyl (C=O) groups excluding carboxylic acids is 1. The number of hydrogen-bond acceptors (Lipinski definition) is 5. The summed E-state index contributed by atoms with van der Waals surface area (Å²) in [5.41, 5.74) is 1.52. The molecule has 2 aliphatic heterocycles. The molecule has 2 aliphatic rings. The molecule has 3 heterocycles. The van der Waals surface area contributed by atoms with Gasteiger partial charge in [-0.15, -0.1) is 5.10 Å². The van der Waals surface area contributed by atoms with Crippen molar-refractivity contribution in [2.75, 3.05) is 20.2 Å². The fourth-order valence-corrected chi connectivity index (χ4v) is 3.84. The summed E-state index contributed by atoms with van der Waals surface area (Å²) in [5, 5.41) is 11.7. The van der Waals surface area contributed by atoms with E-state index in [-0.39, 0.29) is 11.9 Å². The summed E-state index contributed by atoms with van der Waals surface area (Å²) < 4.78 is 6.88. The van der Waals surface area contributed by atoms with Crippen molar-refractivity contribution in [2.24, 2.45) is 0 Å². The Balaban J connectivity index is 1.47. The molecule has 2 fully saturated rings. The number of benzene rings is 1. The molecule has 0 saturated carbocycles. The number of ether oxygens (including phenoxy) is 1. The van der Waals surface area contributed by atoms with Gasteiger partial charge in [-0.2, -0.15) is 0 Å². The van der Waals surface area contributed by atoms with Crippen LogP contribution in [0.2, 0.25) is 0 Å². The fourth-order valence-electron chi connectivity index (χ4n) is 3.84. The summed E-state index contributed by atoms with van der Waals surface area (Å²) in [5.74, 6) is 0.834. The van der Waals surface area contributed by atoms with Gasteiger partial charge in [0.25, 0.3) is 5.91 Å². The summed E-state index contributed by atoms with van der Waals surface area (Å²) in [6.07, 6.45) is 4.94. The molecule has 7 nitrogen and oxygen atoms in total. The van der Waals surface area contributed by atoms with E-state index in [0.29, 0.717) is 18.3 Å². The molecule has 25 heavy (non-hydrogen) atoms. The molecule has 4 rings (SSSR count). The molecule has 0 radical (unpaired) electrons. The first-order valence-electron chi connectivity index (χ1n) is 8.81. The van der Waals surface area contributed by atoms with Crippen molar-refractivity contribution in [1.29, 1.82) is 0 Å². The smallest absolute Gasteiger partial charge is 0.276 e.